The molecule has 2 aliphatic rings. The lowest BCUT2D eigenvalue weighted by atomic mass is 10.3. The quantitative estimate of drug-likeness (QED) is 0.630. The van der Waals surface area contributed by atoms with Gasteiger partial charge in [-0.1, -0.05) is 18.2 Å². The number of nitrogens with zero attached hydrogens (tertiary/aromatic N) is 2. The lowest BCUT2D eigenvalue weighted by molar-refractivity contribution is 1.15. The Morgan fingerprint density at radius 1 is 1.00 bits per heavy atom. The van der Waals surface area contributed by atoms with Crippen molar-refractivity contribution in [2.24, 2.45) is 0 Å². The Morgan fingerprint density at radius 2 is 1.62 bits per heavy atom. The minimum Gasteiger partial charge on any atom is -0.379 e. The van der Waals surface area contributed by atoms with E-state index in [2.05, 4.69) is 9.97 Å². The Morgan fingerprint density at radius 3 is 2.31 bits per heavy atom. The Labute approximate surface area is 74.4 Å². The topological polar surface area (TPSA) is 68.9 Å². The van der Waals surface area contributed by atoms with Gasteiger partial charge in [-0.25, -0.2) is 9.97 Å². The van der Waals surface area contributed by atoms with E-state index in [9.17, 15) is 4.79 Å². The van der Waals surface area contributed by atoms with E-state index in [1.165, 1.54) is 0 Å². The van der Waals surface area contributed by atoms with Gasteiger partial charge in [-0.2, -0.15) is 0 Å². The van der Waals surface area contributed by atoms with E-state index in [0.717, 1.165) is 0 Å². The number of nitrogen functional groups attached to an aromatic ring is 1. The van der Waals surface area contributed by atoms with Crippen LogP contribution >= 0.6 is 0 Å². The predicted octanol–water partition coefficient (Wildman–Crippen LogP) is 0.524. The number of hydrogen-bond donors (Lipinski definition) is 1. The van der Waals surface area contributed by atoms with Crippen LogP contribution in [-0.4, -0.2) is 9.97 Å². The normalized spacial score (nSPS) is 10.2. The fourth-order valence-electron chi connectivity index (χ4n) is 1.06. The van der Waals surface area contributed by atoms with Crippen LogP contribution in [-0.2, 0) is 0 Å². The van der Waals surface area contributed by atoms with Crippen LogP contribution in [0.1, 0.15) is 0 Å². The summed E-state index contributed by atoms with van der Waals surface area (Å²) >= 11 is 0. The van der Waals surface area contributed by atoms with Crippen molar-refractivity contribution >= 4 is 5.82 Å². The molecule has 4 nitrogen and oxygen atoms in total. The largest absolute Gasteiger partial charge is 0.379 e. The van der Waals surface area contributed by atoms with Gasteiger partial charge >= 0.3 is 5.56 Å². The van der Waals surface area contributed by atoms with Crippen molar-refractivity contribution in [3.05, 3.63) is 40.7 Å². The zero-order valence-electron chi connectivity index (χ0n) is 6.77. The number of rotatable bonds is 0. The molecule has 0 fully saturated rings. The van der Waals surface area contributed by atoms with E-state index in [1.54, 1.807) is 18.2 Å². The molecule has 0 saturated heterocycles. The van der Waals surface area contributed by atoms with Gasteiger partial charge in [0.25, 0.3) is 0 Å². The number of hydrogen-bond acceptors (Lipinski definition) is 4. The van der Waals surface area contributed by atoms with Crippen LogP contribution in [0.2, 0.25) is 0 Å². The molecule has 0 atom stereocenters. The summed E-state index contributed by atoms with van der Waals surface area (Å²) in [5.74, 6) is -0.0568. The lowest BCUT2D eigenvalue weighted by Crippen LogP contribution is -2.15. The molecule has 0 unspecified atom stereocenters. The molecule has 1 heterocycles. The van der Waals surface area contributed by atoms with Crippen LogP contribution in [0.25, 0.3) is 11.4 Å². The Hall–Kier alpha value is -1.97. The average Bonchev–Trinajstić information content (AvgIpc) is 2.31. The highest BCUT2D eigenvalue weighted by molar-refractivity contribution is 5.56. The standard InChI is InChI=1S/C9H7N3O/c10-8-9(13)12-7-5-3-1-2-4-6(7)11-8/h1-5H,(H2,10,11). The molecule has 0 radical (unpaired) electrons. The van der Waals surface area contributed by atoms with Crippen molar-refractivity contribution in [3.63, 3.8) is 0 Å². The van der Waals surface area contributed by atoms with E-state index in [-0.39, 0.29) is 5.82 Å². The highest BCUT2D eigenvalue weighted by atomic mass is 16.1. The van der Waals surface area contributed by atoms with E-state index >= 15 is 0 Å². The molecule has 1 aliphatic heterocycles. The van der Waals surface area contributed by atoms with Gasteiger partial charge in [0.15, 0.2) is 5.82 Å². The van der Waals surface area contributed by atoms with E-state index in [4.69, 9.17) is 5.73 Å². The SMILES string of the molecule is Nc1nc2cccccc-2nc1=O. The van der Waals surface area contributed by atoms with Crippen LogP contribution in [0.4, 0.5) is 5.82 Å². The number of anilines is 1. The molecule has 64 valence electrons. The lowest BCUT2D eigenvalue weighted by Gasteiger charge is -1.97. The zero-order valence-corrected chi connectivity index (χ0v) is 6.77. The number of fused-ring (bicyclic) bond motifs is 1. The summed E-state index contributed by atoms with van der Waals surface area (Å²) in [6.07, 6.45) is 0. The maximum Gasteiger partial charge on any atom is 0.312 e. The minimum absolute atomic E-state index is 0.0568. The summed E-state index contributed by atoms with van der Waals surface area (Å²) in [5.41, 5.74) is 6.05. The molecular weight excluding hydrogens is 166 g/mol. The third-order valence-electron chi connectivity index (χ3n) is 1.67. The van der Waals surface area contributed by atoms with Crippen LogP contribution in [0.3, 0.4) is 0 Å². The Kier molecular flexibility index (Phi) is 1.66. The number of nitrogens with two attached hydrogens (primary N) is 1. The third kappa shape index (κ3) is 1.33. The predicted molar refractivity (Wildman–Crippen MR) is 49.3 cm³/mol. The van der Waals surface area contributed by atoms with Crippen molar-refractivity contribution in [2.45, 2.75) is 0 Å². The van der Waals surface area contributed by atoms with Gasteiger partial charge in [0.1, 0.15) is 0 Å². The summed E-state index contributed by atoms with van der Waals surface area (Å²) in [7, 11) is 0. The van der Waals surface area contributed by atoms with Crippen molar-refractivity contribution < 1.29 is 0 Å². The first-order valence-corrected chi connectivity index (χ1v) is 3.80. The molecule has 2 N–H and O–H groups in total. The molecule has 2 rings (SSSR count). The molecule has 0 bridgehead atoms. The van der Waals surface area contributed by atoms with Gasteiger partial charge in [-0.05, 0) is 12.1 Å². The molecule has 4 heteroatoms. The molecular formula is C9H7N3O. The summed E-state index contributed by atoms with van der Waals surface area (Å²) in [6, 6.07) is 8.94. The molecule has 0 amide bonds. The van der Waals surface area contributed by atoms with Crippen molar-refractivity contribution in [1.82, 2.24) is 9.97 Å². The van der Waals surface area contributed by atoms with E-state index in [0.29, 0.717) is 11.4 Å². The first-order chi connectivity index (χ1) is 6.27. The highest BCUT2D eigenvalue weighted by Crippen LogP contribution is 2.12. The molecule has 0 aromatic rings. The van der Waals surface area contributed by atoms with Gasteiger partial charge in [0.05, 0.1) is 11.4 Å². The summed E-state index contributed by atoms with van der Waals surface area (Å²) in [4.78, 5) is 18.7. The monoisotopic (exact) mass is 173 g/mol. The van der Waals surface area contributed by atoms with Crippen LogP contribution < -0.4 is 11.3 Å². The maximum absolute atomic E-state index is 11.0. The molecule has 13 heavy (non-hydrogen) atoms. The second-order valence-corrected chi connectivity index (χ2v) is 2.60. The van der Waals surface area contributed by atoms with Gasteiger partial charge in [0, 0.05) is 0 Å². The maximum atomic E-state index is 11.0. The van der Waals surface area contributed by atoms with Crippen LogP contribution in [0.15, 0.2) is 35.1 Å². The number of aromatic nitrogens is 2. The van der Waals surface area contributed by atoms with Crippen LogP contribution in [0, 0.1) is 0 Å². The van der Waals surface area contributed by atoms with Gasteiger partial charge < -0.3 is 5.73 Å². The average molecular weight is 173 g/mol. The molecule has 0 saturated carbocycles. The van der Waals surface area contributed by atoms with Crippen molar-refractivity contribution in [2.75, 3.05) is 5.73 Å². The Bertz CT molecular complexity index is 469. The van der Waals surface area contributed by atoms with Crippen molar-refractivity contribution in [3.8, 4) is 11.4 Å². The van der Waals surface area contributed by atoms with Crippen molar-refractivity contribution in [1.29, 1.82) is 0 Å². The molecule has 0 aromatic heterocycles. The van der Waals surface area contributed by atoms with Gasteiger partial charge in [-0.3, -0.25) is 4.79 Å². The molecule has 0 spiro atoms. The summed E-state index contributed by atoms with van der Waals surface area (Å²) in [5, 5.41) is 0. The second kappa shape index (κ2) is 2.82. The molecule has 0 aromatic carbocycles. The first-order valence-electron chi connectivity index (χ1n) is 3.80. The fourth-order valence-corrected chi connectivity index (χ4v) is 1.06. The van der Waals surface area contributed by atoms with Gasteiger partial charge in [0.2, 0.25) is 0 Å². The Balaban J connectivity index is 2.85. The fraction of sp³-hybridized carbons (Fsp3) is 0. The van der Waals surface area contributed by atoms with Gasteiger partial charge in [-0.15, -0.1) is 0 Å². The minimum atomic E-state index is -0.473. The van der Waals surface area contributed by atoms with Crippen LogP contribution in [0.5, 0.6) is 0 Å². The zero-order chi connectivity index (χ0) is 9.26. The first kappa shape index (κ1) is 7.67. The summed E-state index contributed by atoms with van der Waals surface area (Å²) in [6.45, 7) is 0. The van der Waals surface area contributed by atoms with E-state index in [1.807, 2.05) is 12.1 Å². The second-order valence-electron chi connectivity index (χ2n) is 2.60. The smallest absolute Gasteiger partial charge is 0.312 e. The summed E-state index contributed by atoms with van der Waals surface area (Å²) < 4.78 is 0. The highest BCUT2D eigenvalue weighted by Gasteiger charge is 2.05. The molecule has 1 aliphatic carbocycles. The van der Waals surface area contributed by atoms with E-state index < -0.39 is 5.56 Å². The third-order valence-corrected chi connectivity index (χ3v) is 1.67.